The molecular formula is C15H10F3N3O2. The molecule has 8 heteroatoms. The number of rotatable bonds is 2. The molecule has 0 aliphatic carbocycles. The SMILES string of the molecule is Cc1cc(C(F)(F)F)nc2nc(NC(=O)c3ccco3)ccc12. The van der Waals surface area contributed by atoms with Crippen LogP contribution in [0.5, 0.6) is 0 Å². The van der Waals surface area contributed by atoms with Crippen molar-refractivity contribution in [1.82, 2.24) is 9.97 Å². The Morgan fingerprint density at radius 2 is 2.00 bits per heavy atom. The van der Waals surface area contributed by atoms with Crippen molar-refractivity contribution in [2.45, 2.75) is 13.1 Å². The van der Waals surface area contributed by atoms with E-state index in [-0.39, 0.29) is 17.2 Å². The monoisotopic (exact) mass is 321 g/mol. The summed E-state index contributed by atoms with van der Waals surface area (Å²) in [5.41, 5.74) is -0.710. The molecule has 0 atom stereocenters. The van der Waals surface area contributed by atoms with E-state index in [1.807, 2.05) is 0 Å². The van der Waals surface area contributed by atoms with Gasteiger partial charge in [0, 0.05) is 5.39 Å². The molecule has 3 rings (SSSR count). The fraction of sp³-hybridized carbons (Fsp3) is 0.133. The predicted molar refractivity (Wildman–Crippen MR) is 75.9 cm³/mol. The molecule has 3 aromatic rings. The number of hydrogen-bond acceptors (Lipinski definition) is 4. The lowest BCUT2D eigenvalue weighted by molar-refractivity contribution is -0.141. The molecule has 23 heavy (non-hydrogen) atoms. The summed E-state index contributed by atoms with van der Waals surface area (Å²) in [6, 6.07) is 7.02. The topological polar surface area (TPSA) is 68.0 Å². The molecule has 0 spiro atoms. The molecule has 3 heterocycles. The molecule has 0 radical (unpaired) electrons. The minimum atomic E-state index is -4.56. The Kier molecular flexibility index (Phi) is 3.51. The number of fused-ring (bicyclic) bond motifs is 1. The molecule has 0 aliphatic rings. The van der Waals surface area contributed by atoms with Gasteiger partial charge in [-0.2, -0.15) is 13.2 Å². The number of carbonyl (C=O) groups excluding carboxylic acids is 1. The Labute approximate surface area is 128 Å². The van der Waals surface area contributed by atoms with E-state index in [1.54, 1.807) is 19.1 Å². The molecule has 3 aromatic heterocycles. The maximum Gasteiger partial charge on any atom is 0.433 e. The number of alkyl halides is 3. The number of nitrogens with zero attached hydrogens (tertiary/aromatic N) is 2. The summed E-state index contributed by atoms with van der Waals surface area (Å²) in [4.78, 5) is 19.4. The number of carbonyl (C=O) groups is 1. The van der Waals surface area contributed by atoms with Gasteiger partial charge in [0.2, 0.25) is 0 Å². The smallest absolute Gasteiger partial charge is 0.433 e. The van der Waals surface area contributed by atoms with Crippen molar-refractivity contribution in [3.63, 3.8) is 0 Å². The zero-order valence-corrected chi connectivity index (χ0v) is 11.8. The average molecular weight is 321 g/mol. The number of nitrogens with one attached hydrogen (secondary N) is 1. The molecule has 1 amide bonds. The van der Waals surface area contributed by atoms with E-state index in [2.05, 4.69) is 15.3 Å². The second-order valence-electron chi connectivity index (χ2n) is 4.82. The van der Waals surface area contributed by atoms with Gasteiger partial charge in [-0.3, -0.25) is 4.79 Å². The van der Waals surface area contributed by atoms with Crippen molar-refractivity contribution in [2.75, 3.05) is 5.32 Å². The third-order valence-corrected chi connectivity index (χ3v) is 3.16. The quantitative estimate of drug-likeness (QED) is 0.779. The number of furan rings is 1. The lowest BCUT2D eigenvalue weighted by Gasteiger charge is -2.10. The summed E-state index contributed by atoms with van der Waals surface area (Å²) in [5.74, 6) is -0.393. The molecule has 0 saturated heterocycles. The Hall–Kier alpha value is -2.90. The van der Waals surface area contributed by atoms with Gasteiger partial charge in [0.05, 0.1) is 6.26 Å². The minimum absolute atomic E-state index is 0.0695. The highest BCUT2D eigenvalue weighted by Crippen LogP contribution is 2.30. The van der Waals surface area contributed by atoms with Gasteiger partial charge >= 0.3 is 6.18 Å². The predicted octanol–water partition coefficient (Wildman–Crippen LogP) is 3.80. The first-order valence-electron chi connectivity index (χ1n) is 6.55. The van der Waals surface area contributed by atoms with E-state index in [0.29, 0.717) is 10.9 Å². The first kappa shape index (κ1) is 15.0. The van der Waals surface area contributed by atoms with Gasteiger partial charge in [0.15, 0.2) is 11.4 Å². The van der Waals surface area contributed by atoms with E-state index in [4.69, 9.17) is 4.42 Å². The largest absolute Gasteiger partial charge is 0.459 e. The fourth-order valence-electron chi connectivity index (χ4n) is 2.07. The highest BCUT2D eigenvalue weighted by molar-refractivity contribution is 6.02. The summed E-state index contributed by atoms with van der Waals surface area (Å²) >= 11 is 0. The van der Waals surface area contributed by atoms with Crippen LogP contribution in [0.15, 0.2) is 41.0 Å². The van der Waals surface area contributed by atoms with Crippen molar-refractivity contribution >= 4 is 22.8 Å². The van der Waals surface area contributed by atoms with Crippen molar-refractivity contribution in [2.24, 2.45) is 0 Å². The molecule has 0 unspecified atom stereocenters. The number of amides is 1. The minimum Gasteiger partial charge on any atom is -0.459 e. The zero-order chi connectivity index (χ0) is 16.6. The van der Waals surface area contributed by atoms with Crippen molar-refractivity contribution in [1.29, 1.82) is 0 Å². The van der Waals surface area contributed by atoms with Crippen LogP contribution >= 0.6 is 0 Å². The highest BCUT2D eigenvalue weighted by atomic mass is 19.4. The third kappa shape index (κ3) is 3.01. The number of aromatic nitrogens is 2. The summed E-state index contributed by atoms with van der Waals surface area (Å²) in [7, 11) is 0. The molecule has 0 fully saturated rings. The van der Waals surface area contributed by atoms with Gasteiger partial charge in [0.25, 0.3) is 5.91 Å². The zero-order valence-electron chi connectivity index (χ0n) is 11.8. The van der Waals surface area contributed by atoms with Crippen LogP contribution in [0.1, 0.15) is 21.8 Å². The summed E-state index contributed by atoms with van der Waals surface area (Å²) in [6.45, 7) is 1.54. The maximum atomic E-state index is 12.8. The highest BCUT2D eigenvalue weighted by Gasteiger charge is 2.33. The van der Waals surface area contributed by atoms with Crippen molar-refractivity contribution in [3.8, 4) is 0 Å². The molecule has 1 N–H and O–H groups in total. The van der Waals surface area contributed by atoms with E-state index in [1.165, 1.54) is 18.4 Å². The van der Waals surface area contributed by atoms with Gasteiger partial charge in [0.1, 0.15) is 11.5 Å². The van der Waals surface area contributed by atoms with Crippen LogP contribution in [-0.4, -0.2) is 15.9 Å². The summed E-state index contributed by atoms with van der Waals surface area (Å²) < 4.78 is 43.4. The molecule has 0 saturated carbocycles. The average Bonchev–Trinajstić information content (AvgIpc) is 3.00. The Balaban J connectivity index is 1.99. The Morgan fingerprint density at radius 3 is 2.65 bits per heavy atom. The summed E-state index contributed by atoms with van der Waals surface area (Å²) in [5, 5.41) is 2.93. The van der Waals surface area contributed by atoms with Crippen molar-refractivity contribution < 1.29 is 22.4 Å². The third-order valence-electron chi connectivity index (χ3n) is 3.16. The van der Waals surface area contributed by atoms with Gasteiger partial charge in [-0.15, -0.1) is 0 Å². The number of anilines is 1. The first-order chi connectivity index (χ1) is 10.8. The Morgan fingerprint density at radius 1 is 1.22 bits per heavy atom. The van der Waals surface area contributed by atoms with Gasteiger partial charge in [-0.1, -0.05) is 0 Å². The fourth-order valence-corrected chi connectivity index (χ4v) is 2.07. The van der Waals surface area contributed by atoms with Gasteiger partial charge < -0.3 is 9.73 Å². The number of hydrogen-bond donors (Lipinski definition) is 1. The number of pyridine rings is 2. The van der Waals surface area contributed by atoms with E-state index in [9.17, 15) is 18.0 Å². The van der Waals surface area contributed by atoms with Gasteiger partial charge in [-0.25, -0.2) is 9.97 Å². The van der Waals surface area contributed by atoms with Gasteiger partial charge in [-0.05, 0) is 42.8 Å². The van der Waals surface area contributed by atoms with Crippen LogP contribution < -0.4 is 5.32 Å². The molecule has 0 aliphatic heterocycles. The van der Waals surface area contributed by atoms with E-state index < -0.39 is 17.8 Å². The van der Waals surface area contributed by atoms with E-state index in [0.717, 1.165) is 6.07 Å². The van der Waals surface area contributed by atoms with Crippen LogP contribution in [-0.2, 0) is 6.18 Å². The van der Waals surface area contributed by atoms with Crippen LogP contribution in [0, 0.1) is 6.92 Å². The standard InChI is InChI=1S/C15H10F3N3O2/c1-8-7-11(15(16,17)18)19-13-9(8)4-5-12(20-13)21-14(22)10-3-2-6-23-10/h2-7H,1H3,(H,19,20,21,22). The lowest BCUT2D eigenvalue weighted by atomic mass is 10.1. The maximum absolute atomic E-state index is 12.8. The molecule has 0 aromatic carbocycles. The number of aryl methyl sites for hydroxylation is 1. The molecule has 118 valence electrons. The second-order valence-corrected chi connectivity index (χ2v) is 4.82. The molecular weight excluding hydrogens is 311 g/mol. The molecule has 0 bridgehead atoms. The van der Waals surface area contributed by atoms with E-state index >= 15 is 0 Å². The number of halogens is 3. The molecule has 5 nitrogen and oxygen atoms in total. The van der Waals surface area contributed by atoms with Crippen LogP contribution in [0.4, 0.5) is 19.0 Å². The second kappa shape index (κ2) is 5.38. The van der Waals surface area contributed by atoms with Crippen LogP contribution in [0.2, 0.25) is 0 Å². The van der Waals surface area contributed by atoms with Crippen LogP contribution in [0.3, 0.4) is 0 Å². The Bertz CT molecular complexity index is 874. The van der Waals surface area contributed by atoms with Crippen molar-refractivity contribution in [3.05, 3.63) is 53.6 Å². The normalized spacial score (nSPS) is 11.7. The lowest BCUT2D eigenvalue weighted by Crippen LogP contribution is -2.13. The summed E-state index contributed by atoms with van der Waals surface area (Å²) in [6.07, 6.45) is -3.22. The van der Waals surface area contributed by atoms with Crippen LogP contribution in [0.25, 0.3) is 11.0 Å². The first-order valence-corrected chi connectivity index (χ1v) is 6.55.